The van der Waals surface area contributed by atoms with Crippen LogP contribution in [-0.4, -0.2) is 44.2 Å². The lowest BCUT2D eigenvalue weighted by Crippen LogP contribution is -2.45. The molecule has 1 saturated carbocycles. The van der Waals surface area contributed by atoms with E-state index in [4.69, 9.17) is 14.2 Å². The van der Waals surface area contributed by atoms with Crippen LogP contribution in [0.4, 0.5) is 4.79 Å². The number of nitrogens with zero attached hydrogens (tertiary/aromatic N) is 2. The van der Waals surface area contributed by atoms with Gasteiger partial charge in [0.2, 0.25) is 8.32 Å². The lowest BCUT2D eigenvalue weighted by Gasteiger charge is -2.47. The van der Waals surface area contributed by atoms with E-state index in [1.165, 1.54) is 37.8 Å². The Morgan fingerprint density at radius 2 is 1.97 bits per heavy atom. The standard InChI is InChI=1S/C29H45BrN2O3Si/c1-20-10-9-11-21(31-20)14-15-23-22-12-7-8-13-24(22)26(32-16-17-34-28(32)33)18-25(23)27(19-30)35-36(5,6)29(2,3)4/h14-15,18-20,22-25H,7-13,16-17H2,1-6H3/b15-14+,27-19+/t20-,22-,23-,24+,25+/m0/s1. The second-order valence-corrected chi connectivity index (χ2v) is 17.8. The van der Waals surface area contributed by atoms with Gasteiger partial charge in [-0.1, -0.05) is 61.7 Å². The third-order valence-corrected chi connectivity index (χ3v) is 13.9. The normalized spacial score (nSPS) is 32.2. The number of allylic oxidation sites excluding steroid dienone is 4. The number of aliphatic imine (C=N–C) groups is 1. The first kappa shape index (κ1) is 27.7. The van der Waals surface area contributed by atoms with Gasteiger partial charge in [-0.15, -0.1) is 0 Å². The predicted molar refractivity (Wildman–Crippen MR) is 154 cm³/mol. The summed E-state index contributed by atoms with van der Waals surface area (Å²) in [6, 6.07) is 0.413. The Hall–Kier alpha value is -1.34. The van der Waals surface area contributed by atoms with Gasteiger partial charge in [-0.05, 0) is 75.1 Å². The highest BCUT2D eigenvalue weighted by atomic mass is 79.9. The molecule has 4 rings (SSSR count). The van der Waals surface area contributed by atoms with E-state index in [0.717, 1.165) is 24.3 Å². The monoisotopic (exact) mass is 576 g/mol. The molecule has 0 bridgehead atoms. The maximum atomic E-state index is 12.7. The third kappa shape index (κ3) is 5.87. The fourth-order valence-electron chi connectivity index (χ4n) is 6.07. The zero-order valence-electron chi connectivity index (χ0n) is 23.1. The largest absolute Gasteiger partial charge is 0.546 e. The van der Waals surface area contributed by atoms with Crippen LogP contribution in [0.15, 0.2) is 39.7 Å². The molecule has 1 amide bonds. The summed E-state index contributed by atoms with van der Waals surface area (Å²) in [7, 11) is -2.06. The maximum Gasteiger partial charge on any atom is 0.414 e. The Morgan fingerprint density at radius 3 is 2.61 bits per heavy atom. The molecular weight excluding hydrogens is 532 g/mol. The van der Waals surface area contributed by atoms with Crippen molar-refractivity contribution in [2.24, 2.45) is 28.7 Å². The van der Waals surface area contributed by atoms with Crippen molar-refractivity contribution in [1.82, 2.24) is 4.90 Å². The van der Waals surface area contributed by atoms with Gasteiger partial charge in [0.05, 0.1) is 12.3 Å². The summed E-state index contributed by atoms with van der Waals surface area (Å²) >= 11 is 3.69. The summed E-state index contributed by atoms with van der Waals surface area (Å²) in [6.07, 6.45) is 15.1. The van der Waals surface area contributed by atoms with Gasteiger partial charge < -0.3 is 9.16 Å². The highest BCUT2D eigenvalue weighted by Gasteiger charge is 2.47. The van der Waals surface area contributed by atoms with Crippen LogP contribution in [0.1, 0.15) is 72.6 Å². The van der Waals surface area contributed by atoms with Crippen LogP contribution in [0.5, 0.6) is 0 Å². The van der Waals surface area contributed by atoms with Gasteiger partial charge in [-0.25, -0.2) is 4.79 Å². The molecule has 200 valence electrons. The Bertz CT molecular complexity index is 949. The Balaban J connectivity index is 1.76. The number of rotatable bonds is 6. The van der Waals surface area contributed by atoms with Gasteiger partial charge in [0.25, 0.3) is 0 Å². The maximum absolute atomic E-state index is 12.7. The zero-order chi connectivity index (χ0) is 26.1. The highest BCUT2D eigenvalue weighted by Crippen LogP contribution is 2.51. The average Bonchev–Trinajstić information content (AvgIpc) is 3.25. The molecule has 7 heteroatoms. The number of halogens is 1. The van der Waals surface area contributed by atoms with E-state index < -0.39 is 8.32 Å². The molecule has 36 heavy (non-hydrogen) atoms. The van der Waals surface area contributed by atoms with E-state index in [1.54, 1.807) is 0 Å². The molecule has 2 heterocycles. The molecule has 0 aromatic rings. The number of ether oxygens (including phenoxy) is 1. The molecule has 0 radical (unpaired) electrons. The minimum Gasteiger partial charge on any atom is -0.546 e. The molecule has 5 nitrogen and oxygen atoms in total. The number of cyclic esters (lactones) is 1. The summed E-state index contributed by atoms with van der Waals surface area (Å²) in [5.74, 6) is 2.22. The molecule has 0 spiro atoms. The van der Waals surface area contributed by atoms with E-state index in [1.807, 2.05) is 9.89 Å². The van der Waals surface area contributed by atoms with E-state index in [9.17, 15) is 4.79 Å². The van der Waals surface area contributed by atoms with E-state index in [-0.39, 0.29) is 17.0 Å². The number of hydrogen-bond acceptors (Lipinski definition) is 4. The zero-order valence-corrected chi connectivity index (χ0v) is 25.6. The van der Waals surface area contributed by atoms with E-state index in [2.05, 4.69) is 74.9 Å². The summed E-state index contributed by atoms with van der Waals surface area (Å²) in [4.78, 5) is 21.5. The molecule has 5 atom stereocenters. The van der Waals surface area contributed by atoms with Crippen LogP contribution >= 0.6 is 15.9 Å². The molecule has 4 aliphatic rings. The van der Waals surface area contributed by atoms with Crippen molar-refractivity contribution < 1.29 is 14.0 Å². The van der Waals surface area contributed by atoms with Crippen molar-refractivity contribution in [1.29, 1.82) is 0 Å². The van der Waals surface area contributed by atoms with Crippen molar-refractivity contribution in [2.45, 2.75) is 96.8 Å². The number of carbonyl (C=O) groups excluding carboxylic acids is 1. The quantitative estimate of drug-likeness (QED) is 0.236. The van der Waals surface area contributed by atoms with E-state index >= 15 is 0 Å². The Morgan fingerprint density at radius 1 is 1.22 bits per heavy atom. The van der Waals surface area contributed by atoms with Gasteiger partial charge >= 0.3 is 6.09 Å². The topological polar surface area (TPSA) is 51.1 Å². The van der Waals surface area contributed by atoms with Crippen molar-refractivity contribution in [3.05, 3.63) is 34.7 Å². The molecule has 0 unspecified atom stereocenters. The SMILES string of the molecule is C[C@H]1CCCC(/C=C/[C@H]2[C@@H]3CCCC[C@H]3C(N3CCOC3=O)=C[C@H]2/C(=C\Br)O[Si](C)(C)C(C)(C)C)=N1. The predicted octanol–water partition coefficient (Wildman–Crippen LogP) is 8.20. The van der Waals surface area contributed by atoms with Crippen LogP contribution in [0.25, 0.3) is 0 Å². The third-order valence-electron chi connectivity index (χ3n) is 9.10. The van der Waals surface area contributed by atoms with Crippen LogP contribution in [0, 0.1) is 23.7 Å². The van der Waals surface area contributed by atoms with Crippen LogP contribution in [-0.2, 0) is 9.16 Å². The molecule has 0 aromatic heterocycles. The highest BCUT2D eigenvalue weighted by molar-refractivity contribution is 9.11. The molecule has 2 fully saturated rings. The summed E-state index contributed by atoms with van der Waals surface area (Å²) in [6.45, 7) is 14.8. The molecule has 1 saturated heterocycles. The van der Waals surface area contributed by atoms with Crippen LogP contribution in [0.3, 0.4) is 0 Å². The number of hydrogen-bond donors (Lipinski definition) is 0. The molecule has 2 aliphatic heterocycles. The lowest BCUT2D eigenvalue weighted by molar-refractivity contribution is 0.125. The summed E-state index contributed by atoms with van der Waals surface area (Å²) in [5, 5.41) is 0.0971. The smallest absolute Gasteiger partial charge is 0.414 e. The summed E-state index contributed by atoms with van der Waals surface area (Å²) in [5.41, 5.74) is 2.39. The number of fused-ring (bicyclic) bond motifs is 1. The molecule has 0 aromatic carbocycles. The van der Waals surface area contributed by atoms with Gasteiger partial charge in [0, 0.05) is 34.3 Å². The van der Waals surface area contributed by atoms with Gasteiger partial charge in [-0.2, -0.15) is 0 Å². The fourth-order valence-corrected chi connectivity index (χ4v) is 7.74. The first-order valence-electron chi connectivity index (χ1n) is 13.9. The van der Waals surface area contributed by atoms with Crippen molar-refractivity contribution in [2.75, 3.05) is 13.2 Å². The Kier molecular flexibility index (Phi) is 8.60. The minimum absolute atomic E-state index is 0.0686. The second kappa shape index (κ2) is 11.2. The van der Waals surface area contributed by atoms with E-state index in [0.29, 0.717) is 36.9 Å². The van der Waals surface area contributed by atoms with Crippen molar-refractivity contribution in [3.8, 4) is 0 Å². The first-order valence-corrected chi connectivity index (χ1v) is 17.7. The lowest BCUT2D eigenvalue weighted by atomic mass is 9.62. The van der Waals surface area contributed by atoms with Gasteiger partial charge in [0.15, 0.2) is 0 Å². The number of amides is 1. The Labute approximate surface area is 227 Å². The van der Waals surface area contributed by atoms with Crippen molar-refractivity contribution >= 4 is 36.1 Å². The summed E-state index contributed by atoms with van der Waals surface area (Å²) < 4.78 is 12.3. The fraction of sp³-hybridized carbons (Fsp3) is 0.724. The van der Waals surface area contributed by atoms with Crippen LogP contribution in [0.2, 0.25) is 18.1 Å². The minimum atomic E-state index is -2.06. The molecule has 2 aliphatic carbocycles. The van der Waals surface area contributed by atoms with Crippen molar-refractivity contribution in [3.63, 3.8) is 0 Å². The molecular formula is C29H45BrN2O3Si. The van der Waals surface area contributed by atoms with Gasteiger partial charge in [0.1, 0.15) is 6.61 Å². The number of carbonyl (C=O) groups is 1. The second-order valence-electron chi connectivity index (χ2n) is 12.6. The van der Waals surface area contributed by atoms with Gasteiger partial charge in [-0.3, -0.25) is 9.89 Å². The van der Waals surface area contributed by atoms with Crippen LogP contribution < -0.4 is 0 Å². The molecule has 0 N–H and O–H groups in total. The average molecular weight is 578 g/mol. The first-order chi connectivity index (χ1) is 17.0.